The Morgan fingerprint density at radius 1 is 0.545 bits per heavy atom. The van der Waals surface area contributed by atoms with Crippen molar-refractivity contribution in [2.24, 2.45) is 0 Å². The lowest BCUT2D eigenvalue weighted by molar-refractivity contribution is 1.46. The minimum Gasteiger partial charge on any atom is -0.236 e. The molecule has 0 unspecified atom stereocenters. The van der Waals surface area contributed by atoms with Gasteiger partial charge >= 0.3 is 0 Å². The van der Waals surface area contributed by atoms with Crippen LogP contribution in [0.15, 0.2) is 72.8 Å². The van der Waals surface area contributed by atoms with Crippen molar-refractivity contribution in [1.82, 2.24) is 9.97 Å². The summed E-state index contributed by atoms with van der Waals surface area (Å²) in [4.78, 5) is 11.8. The van der Waals surface area contributed by atoms with E-state index in [9.17, 15) is 0 Å². The number of benzene rings is 3. The van der Waals surface area contributed by atoms with Gasteiger partial charge in [-0.25, -0.2) is 9.97 Å². The Bertz CT molecular complexity index is 1740. The number of aromatic nitrogens is 2. The Labute approximate surface area is 201 Å². The van der Waals surface area contributed by atoms with Crippen LogP contribution in [-0.4, -0.2) is 9.97 Å². The van der Waals surface area contributed by atoms with Crippen LogP contribution in [0.4, 0.5) is 0 Å². The molecule has 0 aliphatic carbocycles. The summed E-state index contributed by atoms with van der Waals surface area (Å²) in [5.74, 6) is 0. The van der Waals surface area contributed by atoms with Crippen LogP contribution in [0.3, 0.4) is 0 Å². The average molecular weight is 477 g/mol. The third kappa shape index (κ3) is 3.59. The van der Waals surface area contributed by atoms with E-state index >= 15 is 0 Å². The lowest BCUT2D eigenvalue weighted by Crippen LogP contribution is -1.77. The molecule has 0 atom stereocenters. The van der Waals surface area contributed by atoms with Crippen molar-refractivity contribution >= 4 is 54.4 Å². The van der Waals surface area contributed by atoms with Crippen molar-refractivity contribution in [2.75, 3.05) is 0 Å². The Balaban J connectivity index is 1.29. The zero-order valence-corrected chi connectivity index (χ0v) is 19.4. The van der Waals surface area contributed by atoms with Crippen molar-refractivity contribution in [3.8, 4) is 43.0 Å². The molecule has 7 heteroatoms. The molecular weight excluding hydrogens is 465 g/mol. The van der Waals surface area contributed by atoms with Gasteiger partial charge in [0, 0.05) is 10.4 Å². The molecule has 6 aromatic rings. The van der Waals surface area contributed by atoms with Crippen molar-refractivity contribution in [3.63, 3.8) is 0 Å². The summed E-state index contributed by atoms with van der Waals surface area (Å²) in [7, 11) is 0. The molecule has 4 nitrogen and oxygen atoms in total. The third-order valence-corrected chi connectivity index (χ3v) is 8.66. The van der Waals surface area contributed by atoms with Gasteiger partial charge in [0.25, 0.3) is 0 Å². The Morgan fingerprint density at radius 2 is 1.09 bits per heavy atom. The summed E-state index contributed by atoms with van der Waals surface area (Å²) in [6, 6.07) is 28.2. The van der Waals surface area contributed by atoms with Gasteiger partial charge < -0.3 is 0 Å². The number of hydrogen-bond acceptors (Lipinski definition) is 7. The molecule has 0 aliphatic heterocycles. The fraction of sp³-hybridized carbons (Fsp3) is 0. The van der Waals surface area contributed by atoms with E-state index < -0.39 is 0 Å². The highest BCUT2D eigenvalue weighted by atomic mass is 32.1. The van der Waals surface area contributed by atoms with E-state index in [0.29, 0.717) is 11.1 Å². The summed E-state index contributed by atoms with van der Waals surface area (Å²) in [5, 5.41) is 20.2. The molecule has 3 aromatic carbocycles. The van der Waals surface area contributed by atoms with Crippen LogP contribution in [0.2, 0.25) is 0 Å². The van der Waals surface area contributed by atoms with Gasteiger partial charge in [0.2, 0.25) is 0 Å². The third-order valence-electron chi connectivity index (χ3n) is 5.27. The van der Waals surface area contributed by atoms with E-state index in [1.807, 2.05) is 24.3 Å². The van der Waals surface area contributed by atoms with E-state index in [1.165, 1.54) is 4.88 Å². The predicted octanol–water partition coefficient (Wildman–Crippen LogP) is 7.71. The summed E-state index contributed by atoms with van der Waals surface area (Å²) in [5.41, 5.74) is 5.36. The molecule has 0 aliphatic rings. The SMILES string of the molecule is N#Cc1ccc2nc(-c3ccc(-c4ccc(-c5nc6ccc(C#N)cc6s5)s4)cc3)sc2c1. The first-order valence-corrected chi connectivity index (χ1v) is 12.5. The Morgan fingerprint density at radius 3 is 1.73 bits per heavy atom. The zero-order chi connectivity index (χ0) is 22.4. The lowest BCUT2D eigenvalue weighted by atomic mass is 10.1. The first-order valence-electron chi connectivity index (χ1n) is 10.0. The number of rotatable bonds is 3. The second kappa shape index (κ2) is 7.91. The first kappa shape index (κ1) is 19.8. The average Bonchev–Trinajstić information content (AvgIpc) is 3.60. The quantitative estimate of drug-likeness (QED) is 0.262. The van der Waals surface area contributed by atoms with E-state index in [1.54, 1.807) is 46.1 Å². The molecule has 0 saturated heterocycles. The molecule has 154 valence electrons. The highest BCUT2D eigenvalue weighted by Crippen LogP contribution is 2.39. The van der Waals surface area contributed by atoms with E-state index in [4.69, 9.17) is 20.5 Å². The second-order valence-corrected chi connectivity index (χ2v) is 10.5. The molecule has 0 saturated carbocycles. The van der Waals surface area contributed by atoms with E-state index in [0.717, 1.165) is 46.5 Å². The van der Waals surface area contributed by atoms with Crippen molar-refractivity contribution in [1.29, 1.82) is 10.5 Å². The highest BCUT2D eigenvalue weighted by molar-refractivity contribution is 7.26. The number of hydrogen-bond donors (Lipinski definition) is 0. The maximum absolute atomic E-state index is 9.12. The first-order chi connectivity index (χ1) is 16.2. The molecule has 0 spiro atoms. The van der Waals surface area contributed by atoms with Crippen molar-refractivity contribution in [3.05, 3.63) is 83.9 Å². The molecule has 0 amide bonds. The number of thiophene rings is 1. The van der Waals surface area contributed by atoms with Crippen LogP contribution in [-0.2, 0) is 0 Å². The van der Waals surface area contributed by atoms with Gasteiger partial charge in [-0.1, -0.05) is 24.3 Å². The van der Waals surface area contributed by atoms with E-state index in [2.05, 4.69) is 48.5 Å². The number of nitrogens with zero attached hydrogens (tertiary/aromatic N) is 4. The summed E-state index contributed by atoms with van der Waals surface area (Å²) in [6.45, 7) is 0. The number of nitriles is 2. The summed E-state index contributed by atoms with van der Waals surface area (Å²) >= 11 is 4.93. The van der Waals surface area contributed by atoms with Crippen molar-refractivity contribution < 1.29 is 0 Å². The van der Waals surface area contributed by atoms with Crippen LogP contribution in [0.5, 0.6) is 0 Å². The van der Waals surface area contributed by atoms with Crippen LogP contribution in [0.25, 0.3) is 51.3 Å². The largest absolute Gasteiger partial charge is 0.236 e. The minimum atomic E-state index is 0.653. The predicted molar refractivity (Wildman–Crippen MR) is 136 cm³/mol. The normalized spacial score (nSPS) is 11.0. The highest BCUT2D eigenvalue weighted by Gasteiger charge is 2.12. The van der Waals surface area contributed by atoms with Crippen LogP contribution < -0.4 is 0 Å². The topological polar surface area (TPSA) is 73.4 Å². The van der Waals surface area contributed by atoms with Crippen LogP contribution in [0, 0.1) is 22.7 Å². The maximum atomic E-state index is 9.12. The molecule has 0 radical (unpaired) electrons. The molecule has 3 aromatic heterocycles. The van der Waals surface area contributed by atoms with Gasteiger partial charge in [0.05, 0.1) is 48.6 Å². The molecule has 6 rings (SSSR count). The fourth-order valence-corrected chi connectivity index (χ4v) is 6.68. The van der Waals surface area contributed by atoms with Gasteiger partial charge in [-0.05, 0) is 54.1 Å². The molecule has 0 bridgehead atoms. The summed E-state index contributed by atoms with van der Waals surface area (Å²) in [6.07, 6.45) is 0. The standard InChI is InChI=1S/C26H12N4S3/c27-13-15-1-7-19-23(11-15)32-25(29-19)18-5-3-17(4-6-18)21-9-10-22(31-21)26-30-20-8-2-16(14-28)12-24(20)33-26/h1-12H. The number of thiazole rings is 2. The van der Waals surface area contributed by atoms with Gasteiger partial charge in [0.1, 0.15) is 10.0 Å². The van der Waals surface area contributed by atoms with Crippen LogP contribution in [0.1, 0.15) is 11.1 Å². The summed E-state index contributed by atoms with van der Waals surface area (Å²) < 4.78 is 2.05. The maximum Gasteiger partial charge on any atom is 0.134 e. The molecular formula is C26H12N4S3. The molecule has 0 fully saturated rings. The van der Waals surface area contributed by atoms with Crippen molar-refractivity contribution in [2.45, 2.75) is 0 Å². The smallest absolute Gasteiger partial charge is 0.134 e. The second-order valence-electron chi connectivity index (χ2n) is 7.37. The monoisotopic (exact) mass is 476 g/mol. The van der Waals surface area contributed by atoms with Crippen LogP contribution >= 0.6 is 34.0 Å². The Kier molecular flexibility index (Phi) is 4.74. The Hall–Kier alpha value is -3.88. The minimum absolute atomic E-state index is 0.653. The van der Waals surface area contributed by atoms with Gasteiger partial charge in [-0.2, -0.15) is 10.5 Å². The van der Waals surface area contributed by atoms with Gasteiger partial charge in [-0.3, -0.25) is 0 Å². The van der Waals surface area contributed by atoms with E-state index in [-0.39, 0.29) is 0 Å². The molecule has 0 N–H and O–H groups in total. The van der Waals surface area contributed by atoms with Gasteiger partial charge in [-0.15, -0.1) is 34.0 Å². The van der Waals surface area contributed by atoms with Gasteiger partial charge in [0.15, 0.2) is 0 Å². The molecule has 3 heterocycles. The fourth-order valence-electron chi connectivity index (χ4n) is 3.60. The lowest BCUT2D eigenvalue weighted by Gasteiger charge is -2.00. The number of fused-ring (bicyclic) bond motifs is 2. The molecule has 33 heavy (non-hydrogen) atoms. The zero-order valence-electron chi connectivity index (χ0n) is 16.9.